The fourth-order valence-corrected chi connectivity index (χ4v) is 4.85. The van der Waals surface area contributed by atoms with Gasteiger partial charge in [-0.25, -0.2) is 14.4 Å². The van der Waals surface area contributed by atoms with Gasteiger partial charge in [-0.05, 0) is 31.4 Å². The Balaban J connectivity index is 1.57. The molecule has 2 fully saturated rings. The number of fused-ring (bicyclic) bond motifs is 4. The lowest BCUT2D eigenvalue weighted by Crippen LogP contribution is -2.30. The zero-order valence-electron chi connectivity index (χ0n) is 18.0. The van der Waals surface area contributed by atoms with Gasteiger partial charge in [0.1, 0.15) is 23.1 Å². The largest absolute Gasteiger partial charge is 0.421 e. The van der Waals surface area contributed by atoms with Crippen molar-refractivity contribution in [3.05, 3.63) is 36.2 Å². The number of rotatable bonds is 4. The van der Waals surface area contributed by atoms with Crippen LogP contribution in [0.1, 0.15) is 19.2 Å². The van der Waals surface area contributed by atoms with Gasteiger partial charge in [0.2, 0.25) is 0 Å². The summed E-state index contributed by atoms with van der Waals surface area (Å²) in [5, 5.41) is 4.52. The Morgan fingerprint density at radius 1 is 1.28 bits per heavy atom. The standard InChI is InChI=1S/C22H23FN8O/c1-10-9-31(16-6-22(10,16)24)20-17-14-4-12(23)5-15(25-3)18(14)28-19(17)29-21(30-20)32-13-7-26-11(2)27-8-13/h4-5,7-8,10,16,25H,6,9,24H2,1-3H3,(H,28,29,30)/t10-,16+,22+/m1/s1. The first-order chi connectivity index (χ1) is 15.4. The number of aromatic nitrogens is 5. The van der Waals surface area contributed by atoms with Crippen molar-refractivity contribution in [1.29, 1.82) is 0 Å². The van der Waals surface area contributed by atoms with Gasteiger partial charge in [0, 0.05) is 24.5 Å². The summed E-state index contributed by atoms with van der Waals surface area (Å²) in [5.74, 6) is 1.76. The Labute approximate surface area is 183 Å². The average molecular weight is 434 g/mol. The Morgan fingerprint density at radius 3 is 2.72 bits per heavy atom. The Hall–Kier alpha value is -3.53. The smallest absolute Gasteiger partial charge is 0.326 e. The van der Waals surface area contributed by atoms with Crippen molar-refractivity contribution in [2.45, 2.75) is 31.8 Å². The minimum atomic E-state index is -0.333. The number of halogens is 1. The number of nitrogens with zero attached hydrogens (tertiary/aromatic N) is 5. The molecule has 0 radical (unpaired) electrons. The van der Waals surface area contributed by atoms with Gasteiger partial charge in [0.05, 0.1) is 35.0 Å². The van der Waals surface area contributed by atoms with Gasteiger partial charge in [-0.3, -0.25) is 0 Å². The van der Waals surface area contributed by atoms with Gasteiger partial charge in [-0.1, -0.05) is 6.92 Å². The molecule has 3 atom stereocenters. The van der Waals surface area contributed by atoms with E-state index in [0.29, 0.717) is 40.0 Å². The molecule has 9 nitrogen and oxygen atoms in total. The summed E-state index contributed by atoms with van der Waals surface area (Å²) in [7, 11) is 1.76. The molecule has 2 aliphatic rings. The molecule has 0 amide bonds. The van der Waals surface area contributed by atoms with E-state index < -0.39 is 0 Å². The van der Waals surface area contributed by atoms with Gasteiger partial charge in [0.25, 0.3) is 0 Å². The molecule has 1 aliphatic heterocycles. The Morgan fingerprint density at radius 2 is 2.06 bits per heavy atom. The minimum Gasteiger partial charge on any atom is -0.421 e. The number of piperidine rings is 1. The molecule has 3 aromatic heterocycles. The number of hydrogen-bond acceptors (Lipinski definition) is 8. The van der Waals surface area contributed by atoms with Crippen LogP contribution in [0.4, 0.5) is 15.9 Å². The maximum absolute atomic E-state index is 14.4. The van der Waals surface area contributed by atoms with E-state index >= 15 is 0 Å². The third-order valence-corrected chi connectivity index (χ3v) is 6.76. The fourth-order valence-electron chi connectivity index (χ4n) is 4.85. The number of nitrogens with one attached hydrogen (secondary N) is 2. The second-order valence-corrected chi connectivity index (χ2v) is 8.76. The van der Waals surface area contributed by atoms with Crippen LogP contribution in [0.15, 0.2) is 24.5 Å². The molecule has 4 N–H and O–H groups in total. The third kappa shape index (κ3) is 2.72. The Kier molecular flexibility index (Phi) is 3.89. The number of aryl methyl sites for hydroxylation is 1. The number of benzene rings is 1. The summed E-state index contributed by atoms with van der Waals surface area (Å²) in [6.45, 7) is 4.73. The van der Waals surface area contributed by atoms with Crippen molar-refractivity contribution in [2.75, 3.05) is 23.8 Å². The zero-order chi connectivity index (χ0) is 22.2. The van der Waals surface area contributed by atoms with Crippen molar-refractivity contribution in [1.82, 2.24) is 24.9 Å². The highest BCUT2D eigenvalue weighted by molar-refractivity contribution is 6.14. The second kappa shape index (κ2) is 6.49. The van der Waals surface area contributed by atoms with E-state index in [4.69, 9.17) is 15.5 Å². The molecule has 10 heteroatoms. The molecule has 1 saturated heterocycles. The highest BCUT2D eigenvalue weighted by atomic mass is 19.1. The summed E-state index contributed by atoms with van der Waals surface area (Å²) < 4.78 is 20.3. The molecule has 0 unspecified atom stereocenters. The van der Waals surface area contributed by atoms with Gasteiger partial charge in [0.15, 0.2) is 5.75 Å². The van der Waals surface area contributed by atoms with Crippen LogP contribution in [0.3, 0.4) is 0 Å². The highest BCUT2D eigenvalue weighted by Crippen LogP contribution is 2.53. The van der Waals surface area contributed by atoms with Crippen LogP contribution >= 0.6 is 0 Å². The van der Waals surface area contributed by atoms with Crippen LogP contribution in [0.2, 0.25) is 0 Å². The average Bonchev–Trinajstić information content (AvgIpc) is 3.23. The van der Waals surface area contributed by atoms with Crippen LogP contribution in [-0.2, 0) is 0 Å². The monoisotopic (exact) mass is 434 g/mol. The van der Waals surface area contributed by atoms with E-state index in [2.05, 4.69) is 37.1 Å². The van der Waals surface area contributed by atoms with Crippen LogP contribution in [0.25, 0.3) is 21.9 Å². The Bertz CT molecular complexity index is 1370. The number of anilines is 2. The molecule has 4 aromatic rings. The zero-order valence-corrected chi connectivity index (χ0v) is 18.0. The molecule has 0 bridgehead atoms. The van der Waals surface area contributed by atoms with Crippen molar-refractivity contribution < 1.29 is 9.13 Å². The first-order valence-electron chi connectivity index (χ1n) is 10.6. The number of hydrogen-bond donors (Lipinski definition) is 3. The van der Waals surface area contributed by atoms with Crippen molar-refractivity contribution in [3.63, 3.8) is 0 Å². The summed E-state index contributed by atoms with van der Waals surface area (Å²) in [5.41, 5.74) is 8.35. The predicted molar refractivity (Wildman–Crippen MR) is 120 cm³/mol. The van der Waals surface area contributed by atoms with Gasteiger partial charge in [-0.2, -0.15) is 9.97 Å². The van der Waals surface area contributed by atoms with E-state index in [-0.39, 0.29) is 23.4 Å². The lowest BCUT2D eigenvalue weighted by atomic mass is 10.0. The fraction of sp³-hybridized carbons (Fsp3) is 0.364. The molecule has 6 rings (SSSR count). The summed E-state index contributed by atoms with van der Waals surface area (Å²) in [6, 6.07) is 3.32. The van der Waals surface area contributed by atoms with E-state index in [0.717, 1.165) is 23.9 Å². The highest BCUT2D eigenvalue weighted by Gasteiger charge is 2.63. The van der Waals surface area contributed by atoms with Gasteiger partial charge in [-0.15, -0.1) is 0 Å². The SMILES string of the molecule is CNc1cc(F)cc2c1[nH]c1nc(Oc3cnc(C)nc3)nc(N3C[C@@H](C)[C@@]4(N)C[C@H]34)c12. The van der Waals surface area contributed by atoms with E-state index in [9.17, 15) is 4.39 Å². The van der Waals surface area contributed by atoms with Crippen molar-refractivity contribution >= 4 is 33.4 Å². The van der Waals surface area contributed by atoms with Crippen LogP contribution in [-0.4, -0.2) is 50.1 Å². The maximum Gasteiger partial charge on any atom is 0.326 e. The van der Waals surface area contributed by atoms with Crippen LogP contribution in [0.5, 0.6) is 11.8 Å². The summed E-state index contributed by atoms with van der Waals surface area (Å²) in [4.78, 5) is 23.2. The topological polar surface area (TPSA) is 118 Å². The van der Waals surface area contributed by atoms with Gasteiger partial charge >= 0.3 is 6.01 Å². The molecule has 4 heterocycles. The molecule has 0 spiro atoms. The molecule has 164 valence electrons. The van der Waals surface area contributed by atoms with Crippen molar-refractivity contribution in [2.24, 2.45) is 11.7 Å². The van der Waals surface area contributed by atoms with Crippen LogP contribution < -0.4 is 20.7 Å². The van der Waals surface area contributed by atoms with Crippen molar-refractivity contribution in [3.8, 4) is 11.8 Å². The van der Waals surface area contributed by atoms with E-state index in [1.807, 2.05) is 0 Å². The minimum absolute atomic E-state index is 0.167. The number of aromatic amines is 1. The molecular weight excluding hydrogens is 411 g/mol. The van der Waals surface area contributed by atoms with E-state index in [1.54, 1.807) is 26.4 Å². The molecular formula is C22H23FN8O. The maximum atomic E-state index is 14.4. The van der Waals surface area contributed by atoms with Gasteiger partial charge < -0.3 is 25.7 Å². The lowest BCUT2D eigenvalue weighted by molar-refractivity contribution is 0.439. The normalized spacial score (nSPS) is 24.2. The third-order valence-electron chi connectivity index (χ3n) is 6.76. The van der Waals surface area contributed by atoms with Crippen LogP contribution in [0, 0.1) is 18.7 Å². The quantitative estimate of drug-likeness (QED) is 0.448. The second-order valence-electron chi connectivity index (χ2n) is 8.76. The molecule has 1 saturated carbocycles. The predicted octanol–water partition coefficient (Wildman–Crippen LogP) is 3.11. The summed E-state index contributed by atoms with van der Waals surface area (Å²) >= 11 is 0. The number of H-pyrrole nitrogens is 1. The molecule has 32 heavy (non-hydrogen) atoms. The molecule has 1 aromatic carbocycles. The number of ether oxygens (including phenoxy) is 1. The van der Waals surface area contributed by atoms with E-state index in [1.165, 1.54) is 12.1 Å². The lowest BCUT2D eigenvalue weighted by Gasteiger charge is -2.21. The number of nitrogens with two attached hydrogens (primary N) is 1. The molecule has 1 aliphatic carbocycles. The summed E-state index contributed by atoms with van der Waals surface area (Å²) in [6.07, 6.45) is 4.07. The first kappa shape index (κ1) is 19.2. The first-order valence-corrected chi connectivity index (χ1v) is 10.6.